The van der Waals surface area contributed by atoms with Crippen molar-refractivity contribution >= 4 is 5.97 Å². The fraction of sp³-hybridized carbons (Fsp3) is 0.615. The first-order chi connectivity index (χ1) is 8.29. The molecule has 1 aromatic heterocycles. The maximum Gasteiger partial charge on any atom is 0.304 e. The van der Waals surface area contributed by atoms with Gasteiger partial charge in [-0.2, -0.15) is 0 Å². The van der Waals surface area contributed by atoms with E-state index in [-0.39, 0.29) is 12.0 Å². The van der Waals surface area contributed by atoms with Gasteiger partial charge < -0.3 is 5.11 Å². The predicted octanol–water partition coefficient (Wildman–Crippen LogP) is 1.86. The second-order valence-corrected chi connectivity index (χ2v) is 5.33. The van der Waals surface area contributed by atoms with E-state index in [1.54, 1.807) is 6.20 Å². The standard InChI is InChI=1S/C13H21N3O2/c1-10-14-7-5-11(15-10)9-16(13(2,3)4)8-6-12(17)18/h5,7H,6,8-9H2,1-4H3,(H,17,18). The van der Waals surface area contributed by atoms with E-state index >= 15 is 0 Å². The SMILES string of the molecule is Cc1nccc(CN(CCC(=O)O)C(C)(C)C)n1. The minimum absolute atomic E-state index is 0.0890. The molecule has 0 aliphatic heterocycles. The van der Waals surface area contributed by atoms with Crippen LogP contribution >= 0.6 is 0 Å². The van der Waals surface area contributed by atoms with Gasteiger partial charge in [0.05, 0.1) is 12.1 Å². The average molecular weight is 251 g/mol. The third-order valence-corrected chi connectivity index (χ3v) is 2.73. The van der Waals surface area contributed by atoms with E-state index in [4.69, 9.17) is 5.11 Å². The molecule has 0 bridgehead atoms. The van der Waals surface area contributed by atoms with Gasteiger partial charge in [0.25, 0.3) is 0 Å². The zero-order chi connectivity index (χ0) is 13.8. The van der Waals surface area contributed by atoms with E-state index in [1.165, 1.54) is 0 Å². The van der Waals surface area contributed by atoms with Crippen molar-refractivity contribution < 1.29 is 9.90 Å². The van der Waals surface area contributed by atoms with Crippen LogP contribution in [0.25, 0.3) is 0 Å². The smallest absolute Gasteiger partial charge is 0.304 e. The molecule has 0 saturated carbocycles. The quantitative estimate of drug-likeness (QED) is 0.865. The van der Waals surface area contributed by atoms with Crippen LogP contribution in [0.2, 0.25) is 0 Å². The van der Waals surface area contributed by atoms with Gasteiger partial charge in [-0.15, -0.1) is 0 Å². The van der Waals surface area contributed by atoms with E-state index in [2.05, 4.69) is 35.6 Å². The zero-order valence-corrected chi connectivity index (χ0v) is 11.5. The topological polar surface area (TPSA) is 66.3 Å². The lowest BCUT2D eigenvalue weighted by atomic mass is 10.1. The van der Waals surface area contributed by atoms with E-state index in [1.807, 2.05) is 13.0 Å². The Labute approximate surface area is 108 Å². The summed E-state index contributed by atoms with van der Waals surface area (Å²) < 4.78 is 0. The molecule has 0 unspecified atom stereocenters. The molecule has 0 aromatic carbocycles. The Kier molecular flexibility index (Phi) is 4.78. The second kappa shape index (κ2) is 5.91. The van der Waals surface area contributed by atoms with Gasteiger partial charge in [0, 0.05) is 24.8 Å². The molecule has 1 heterocycles. The maximum absolute atomic E-state index is 10.7. The summed E-state index contributed by atoms with van der Waals surface area (Å²) in [6.45, 7) is 9.22. The molecule has 1 N–H and O–H groups in total. The summed E-state index contributed by atoms with van der Waals surface area (Å²) in [7, 11) is 0. The zero-order valence-electron chi connectivity index (χ0n) is 11.5. The van der Waals surface area contributed by atoms with Gasteiger partial charge in [0.15, 0.2) is 0 Å². The maximum atomic E-state index is 10.7. The van der Waals surface area contributed by atoms with Crippen LogP contribution in [0.4, 0.5) is 0 Å². The summed E-state index contributed by atoms with van der Waals surface area (Å²) >= 11 is 0. The predicted molar refractivity (Wildman–Crippen MR) is 69.2 cm³/mol. The van der Waals surface area contributed by atoms with E-state index in [0.717, 1.165) is 11.5 Å². The van der Waals surface area contributed by atoms with Crippen molar-refractivity contribution in [2.45, 2.75) is 46.2 Å². The highest BCUT2D eigenvalue weighted by Crippen LogP contribution is 2.16. The molecular weight excluding hydrogens is 230 g/mol. The van der Waals surface area contributed by atoms with Crippen LogP contribution in [-0.4, -0.2) is 38.0 Å². The number of rotatable bonds is 5. The number of carbonyl (C=O) groups is 1. The summed E-state index contributed by atoms with van der Waals surface area (Å²) in [6.07, 6.45) is 1.87. The van der Waals surface area contributed by atoms with E-state index < -0.39 is 5.97 Å². The normalized spacial score (nSPS) is 11.8. The Morgan fingerprint density at radius 2 is 2.11 bits per heavy atom. The molecule has 0 fully saturated rings. The molecule has 18 heavy (non-hydrogen) atoms. The van der Waals surface area contributed by atoms with E-state index in [9.17, 15) is 4.79 Å². The molecule has 0 radical (unpaired) electrons. The molecular formula is C13H21N3O2. The first-order valence-electron chi connectivity index (χ1n) is 6.04. The van der Waals surface area contributed by atoms with Gasteiger partial charge in [-0.25, -0.2) is 9.97 Å². The summed E-state index contributed by atoms with van der Waals surface area (Å²) in [4.78, 5) is 21.2. The minimum atomic E-state index is -0.775. The van der Waals surface area contributed by atoms with Crippen molar-refractivity contribution in [2.24, 2.45) is 0 Å². The summed E-state index contributed by atoms with van der Waals surface area (Å²) in [6, 6.07) is 1.87. The first kappa shape index (κ1) is 14.6. The number of hydrogen-bond donors (Lipinski definition) is 1. The summed E-state index contributed by atoms with van der Waals surface area (Å²) in [5.41, 5.74) is 0.830. The monoisotopic (exact) mass is 251 g/mol. The van der Waals surface area contributed by atoms with E-state index in [0.29, 0.717) is 13.1 Å². The van der Waals surface area contributed by atoms with Gasteiger partial charge in [-0.1, -0.05) is 0 Å². The van der Waals surface area contributed by atoms with Crippen LogP contribution in [0.5, 0.6) is 0 Å². The third-order valence-electron chi connectivity index (χ3n) is 2.73. The van der Waals surface area contributed by atoms with Gasteiger partial charge in [0.1, 0.15) is 5.82 Å². The molecule has 1 rings (SSSR count). The van der Waals surface area contributed by atoms with Crippen LogP contribution in [0.15, 0.2) is 12.3 Å². The highest BCUT2D eigenvalue weighted by molar-refractivity contribution is 5.66. The van der Waals surface area contributed by atoms with Crippen molar-refractivity contribution in [2.75, 3.05) is 6.54 Å². The van der Waals surface area contributed by atoms with Gasteiger partial charge >= 0.3 is 5.97 Å². The Morgan fingerprint density at radius 1 is 1.44 bits per heavy atom. The second-order valence-electron chi connectivity index (χ2n) is 5.33. The minimum Gasteiger partial charge on any atom is -0.481 e. The number of hydrogen-bond acceptors (Lipinski definition) is 4. The number of aryl methyl sites for hydroxylation is 1. The molecule has 1 aromatic rings. The molecule has 0 spiro atoms. The van der Waals surface area contributed by atoms with Crippen molar-refractivity contribution in [3.8, 4) is 0 Å². The van der Waals surface area contributed by atoms with Crippen LogP contribution < -0.4 is 0 Å². The lowest BCUT2D eigenvalue weighted by Gasteiger charge is -2.35. The number of aliphatic carboxylic acids is 1. The number of carboxylic acids is 1. The highest BCUT2D eigenvalue weighted by Gasteiger charge is 2.22. The van der Waals surface area contributed by atoms with Crippen molar-refractivity contribution in [1.29, 1.82) is 0 Å². The molecule has 0 amide bonds. The fourth-order valence-corrected chi connectivity index (χ4v) is 1.67. The number of aromatic nitrogens is 2. The molecule has 0 atom stereocenters. The Balaban J connectivity index is 2.75. The molecule has 100 valence electrons. The number of nitrogens with zero attached hydrogens (tertiary/aromatic N) is 3. The van der Waals surface area contributed by atoms with Gasteiger partial charge in [-0.05, 0) is 33.8 Å². The molecule has 5 nitrogen and oxygen atoms in total. The molecule has 5 heteroatoms. The van der Waals surface area contributed by atoms with Crippen LogP contribution in [0, 0.1) is 6.92 Å². The number of carboxylic acid groups (broad SMARTS) is 1. The highest BCUT2D eigenvalue weighted by atomic mass is 16.4. The van der Waals surface area contributed by atoms with Crippen molar-refractivity contribution in [1.82, 2.24) is 14.9 Å². The Morgan fingerprint density at radius 3 is 2.61 bits per heavy atom. The molecule has 0 aliphatic rings. The lowest BCUT2D eigenvalue weighted by Crippen LogP contribution is -2.42. The summed E-state index contributed by atoms with van der Waals surface area (Å²) in [5, 5.41) is 8.79. The lowest BCUT2D eigenvalue weighted by molar-refractivity contribution is -0.137. The Bertz CT molecular complexity index is 413. The van der Waals surface area contributed by atoms with Crippen molar-refractivity contribution in [3.63, 3.8) is 0 Å². The fourth-order valence-electron chi connectivity index (χ4n) is 1.67. The van der Waals surface area contributed by atoms with Gasteiger partial charge in [0.2, 0.25) is 0 Å². The van der Waals surface area contributed by atoms with Crippen LogP contribution in [-0.2, 0) is 11.3 Å². The molecule has 0 aliphatic carbocycles. The summed E-state index contributed by atoms with van der Waals surface area (Å²) in [5.74, 6) is -0.0392. The average Bonchev–Trinajstić information content (AvgIpc) is 2.22. The molecule has 0 saturated heterocycles. The van der Waals surface area contributed by atoms with Crippen LogP contribution in [0.1, 0.15) is 38.7 Å². The third kappa shape index (κ3) is 4.79. The Hall–Kier alpha value is -1.49. The van der Waals surface area contributed by atoms with Crippen LogP contribution in [0.3, 0.4) is 0 Å². The van der Waals surface area contributed by atoms with Crippen molar-refractivity contribution in [3.05, 3.63) is 23.8 Å². The largest absolute Gasteiger partial charge is 0.481 e. The van der Waals surface area contributed by atoms with Gasteiger partial charge in [-0.3, -0.25) is 9.69 Å². The first-order valence-corrected chi connectivity index (χ1v) is 6.04.